The Hall–Kier alpha value is 0.886. The minimum Gasteiger partial charge on any atom is -0.799 e. The first-order valence-corrected chi connectivity index (χ1v) is 16.8. The summed E-state index contributed by atoms with van der Waals surface area (Å²) in [7, 11) is -6.05. The maximum absolute atomic E-state index is 11.6. The molecule has 4 nitrogen and oxygen atoms in total. The fourth-order valence-electron chi connectivity index (χ4n) is 3.34. The normalized spacial score (nSPS) is 11.5. The first-order valence-electron chi connectivity index (χ1n) is 12.8. The molecule has 7 heteroatoms. The summed E-state index contributed by atoms with van der Waals surface area (Å²) in [6.07, 6.45) is 18.8. The molecule has 0 fully saturated rings. The second kappa shape index (κ2) is 25.5. The fourth-order valence-corrected chi connectivity index (χ4v) is 6.61. The molecule has 0 atom stereocenters. The Labute approximate surface area is 205 Å². The molecule has 0 aliphatic rings. The van der Waals surface area contributed by atoms with Crippen LogP contribution in [-0.2, 0) is 25.9 Å². The number of rotatable bonds is 20. The van der Waals surface area contributed by atoms with E-state index in [4.69, 9.17) is 0 Å². The molecule has 0 aliphatic heterocycles. The molecule has 0 amide bonds. The van der Waals surface area contributed by atoms with E-state index >= 15 is 0 Å². The van der Waals surface area contributed by atoms with E-state index in [1.807, 2.05) is 0 Å². The third-order valence-electron chi connectivity index (χ3n) is 5.41. The first kappa shape index (κ1) is 36.5. The molecule has 0 saturated heterocycles. The zero-order valence-electron chi connectivity index (χ0n) is 21.0. The predicted molar refractivity (Wildman–Crippen MR) is 131 cm³/mol. The molecule has 0 unspecified atom stereocenters. The molecule has 0 saturated carbocycles. The van der Waals surface area contributed by atoms with Gasteiger partial charge in [0.15, 0.2) is 0 Å². The molecule has 0 N–H and O–H groups in total. The van der Waals surface area contributed by atoms with Crippen LogP contribution in [0.2, 0.25) is 0 Å². The third kappa shape index (κ3) is 30.9. The summed E-state index contributed by atoms with van der Waals surface area (Å²) in [4.78, 5) is 23.2. The largest absolute Gasteiger partial charge is 2.00 e. The molecule has 0 spiro atoms. The Morgan fingerprint density at radius 3 is 0.774 bits per heavy atom. The molecular weight excluding hydrogens is 473 g/mol. The topological polar surface area (TPSA) is 80.3 Å². The van der Waals surface area contributed by atoms with Gasteiger partial charge in [-0.1, -0.05) is 105 Å². The van der Waals surface area contributed by atoms with Gasteiger partial charge in [0.25, 0.3) is 0 Å². The van der Waals surface area contributed by atoms with Gasteiger partial charge in [0.1, 0.15) is 0 Å². The summed E-state index contributed by atoms with van der Waals surface area (Å²) < 4.78 is 23.2. The van der Waals surface area contributed by atoms with Crippen LogP contribution in [0, 0.1) is 0 Å². The molecule has 0 aromatic carbocycles. The summed E-state index contributed by atoms with van der Waals surface area (Å²) in [5.41, 5.74) is 0. The zero-order valence-corrected chi connectivity index (χ0v) is 23.8. The monoisotopic (exact) mass is 525 g/mol. The van der Waals surface area contributed by atoms with Gasteiger partial charge in [-0.15, -0.1) is 0 Å². The van der Waals surface area contributed by atoms with Gasteiger partial charge in [-0.25, -0.2) is 0 Å². The maximum atomic E-state index is 11.6. The SMILES string of the molecule is CCCCCCP(=O)([O-])CCCCCC.CCCCCCP(=O)([O-])CCCCCC.[Co+2]. The van der Waals surface area contributed by atoms with E-state index in [1.165, 1.54) is 25.7 Å². The van der Waals surface area contributed by atoms with E-state index in [1.54, 1.807) is 0 Å². The van der Waals surface area contributed by atoms with Crippen LogP contribution in [-0.4, -0.2) is 24.6 Å². The second-order valence-electron chi connectivity index (χ2n) is 8.77. The van der Waals surface area contributed by atoms with Crippen LogP contribution >= 0.6 is 14.7 Å². The van der Waals surface area contributed by atoms with Crippen molar-refractivity contribution >= 4 is 14.7 Å². The van der Waals surface area contributed by atoms with Crippen molar-refractivity contribution in [1.29, 1.82) is 0 Å². The summed E-state index contributed by atoms with van der Waals surface area (Å²) in [6, 6.07) is 0. The van der Waals surface area contributed by atoms with E-state index < -0.39 is 14.7 Å². The standard InChI is InChI=1S/2C12H27O2P.Co/c2*1-3-5-7-9-11-15(13,14)12-10-8-6-4-2;/h2*3-12H2,1-2H3,(H,13,14);/q;;+2/p-2. The van der Waals surface area contributed by atoms with Crippen molar-refractivity contribution in [3.63, 3.8) is 0 Å². The first-order chi connectivity index (χ1) is 14.2. The molecule has 0 rings (SSSR count). The van der Waals surface area contributed by atoms with Gasteiger partial charge in [-0.05, 0) is 50.3 Å². The van der Waals surface area contributed by atoms with Crippen LogP contribution in [0.3, 0.4) is 0 Å². The van der Waals surface area contributed by atoms with Crippen molar-refractivity contribution in [3.05, 3.63) is 0 Å². The number of unbranched alkanes of at least 4 members (excludes halogenated alkanes) is 12. The fraction of sp³-hybridized carbons (Fsp3) is 1.00. The van der Waals surface area contributed by atoms with E-state index in [-0.39, 0.29) is 16.8 Å². The van der Waals surface area contributed by atoms with Crippen LogP contribution in [0.5, 0.6) is 0 Å². The summed E-state index contributed by atoms with van der Waals surface area (Å²) >= 11 is 0. The Morgan fingerprint density at radius 2 is 0.613 bits per heavy atom. The zero-order chi connectivity index (χ0) is 23.1. The Balaban J connectivity index is -0.000000490. The van der Waals surface area contributed by atoms with Crippen LogP contribution in [0.25, 0.3) is 0 Å². The number of hydrogen-bond acceptors (Lipinski definition) is 4. The van der Waals surface area contributed by atoms with Crippen molar-refractivity contribution in [2.24, 2.45) is 0 Å². The van der Waals surface area contributed by atoms with Crippen molar-refractivity contribution in [2.45, 2.75) is 130 Å². The van der Waals surface area contributed by atoms with Gasteiger partial charge in [-0.2, -0.15) is 0 Å². The Bertz CT molecular complexity index is 375. The number of hydrogen-bond donors (Lipinski definition) is 0. The molecular formula is C24H52CoO4P2. The molecule has 0 aliphatic carbocycles. The molecule has 0 aromatic rings. The van der Waals surface area contributed by atoms with Gasteiger partial charge in [0.05, 0.1) is 0 Å². The molecule has 0 heterocycles. The van der Waals surface area contributed by atoms with E-state index in [9.17, 15) is 18.9 Å². The molecule has 0 bridgehead atoms. The van der Waals surface area contributed by atoms with Gasteiger partial charge in [0.2, 0.25) is 0 Å². The molecule has 0 aromatic heterocycles. The second-order valence-corrected chi connectivity index (χ2v) is 13.8. The van der Waals surface area contributed by atoms with Crippen molar-refractivity contribution in [2.75, 3.05) is 24.6 Å². The molecule has 31 heavy (non-hydrogen) atoms. The summed E-state index contributed by atoms with van der Waals surface area (Å²) in [6.45, 7) is 8.56. The minimum absolute atomic E-state index is 0. The Kier molecular flexibility index (Phi) is 30.0. The van der Waals surface area contributed by atoms with E-state index in [0.717, 1.165) is 77.0 Å². The van der Waals surface area contributed by atoms with E-state index in [0.29, 0.717) is 24.6 Å². The van der Waals surface area contributed by atoms with Crippen molar-refractivity contribution in [1.82, 2.24) is 0 Å². The van der Waals surface area contributed by atoms with Gasteiger partial charge >= 0.3 is 16.8 Å². The summed E-state index contributed by atoms with van der Waals surface area (Å²) in [5, 5.41) is 0. The molecule has 191 valence electrons. The predicted octanol–water partition coefficient (Wildman–Crippen LogP) is 7.57. The van der Waals surface area contributed by atoms with E-state index in [2.05, 4.69) is 27.7 Å². The minimum atomic E-state index is -3.02. The van der Waals surface area contributed by atoms with Gasteiger partial charge < -0.3 is 18.9 Å². The average Bonchev–Trinajstić information content (AvgIpc) is 2.70. The quantitative estimate of drug-likeness (QED) is 0.121. The van der Waals surface area contributed by atoms with Crippen LogP contribution in [0.15, 0.2) is 0 Å². The van der Waals surface area contributed by atoms with Crippen LogP contribution < -0.4 is 9.79 Å². The smallest absolute Gasteiger partial charge is 0.799 e. The molecule has 1 radical (unpaired) electrons. The maximum Gasteiger partial charge on any atom is 2.00 e. The Morgan fingerprint density at radius 1 is 0.419 bits per heavy atom. The van der Waals surface area contributed by atoms with Crippen LogP contribution in [0.1, 0.15) is 130 Å². The van der Waals surface area contributed by atoms with Crippen molar-refractivity contribution in [3.8, 4) is 0 Å². The summed E-state index contributed by atoms with van der Waals surface area (Å²) in [5.74, 6) is 0. The van der Waals surface area contributed by atoms with Gasteiger partial charge in [-0.3, -0.25) is 0 Å². The third-order valence-corrected chi connectivity index (χ3v) is 9.40. The van der Waals surface area contributed by atoms with Gasteiger partial charge in [0, 0.05) is 14.7 Å². The van der Waals surface area contributed by atoms with Crippen LogP contribution in [0.4, 0.5) is 0 Å². The average molecular weight is 526 g/mol. The van der Waals surface area contributed by atoms with Crippen molar-refractivity contribution < 1.29 is 35.7 Å².